The predicted octanol–water partition coefficient (Wildman–Crippen LogP) is -0.225. The lowest BCUT2D eigenvalue weighted by Crippen LogP contribution is -2.25. The second-order valence-electron chi connectivity index (χ2n) is 4.20. The van der Waals surface area contributed by atoms with E-state index in [4.69, 9.17) is 10.2 Å². The number of nitrogens with two attached hydrogens (primary N) is 1. The summed E-state index contributed by atoms with van der Waals surface area (Å²) in [6, 6.07) is 4.87. The third kappa shape index (κ3) is 5.17. The molecule has 0 amide bonds. The number of aliphatic hydroxyl groups is 1. The van der Waals surface area contributed by atoms with Gasteiger partial charge in [0.1, 0.15) is 0 Å². The van der Waals surface area contributed by atoms with Crippen LogP contribution in [0.3, 0.4) is 0 Å². The first-order chi connectivity index (χ1) is 9.27. The summed E-state index contributed by atoms with van der Waals surface area (Å²) in [5.41, 5.74) is 0. The number of rotatable bonds is 8. The van der Waals surface area contributed by atoms with Crippen molar-refractivity contribution < 1.29 is 21.9 Å². The van der Waals surface area contributed by atoms with Gasteiger partial charge in [-0.1, -0.05) is 6.07 Å². The van der Waals surface area contributed by atoms with Crippen molar-refractivity contribution in [1.82, 2.24) is 4.72 Å². The average Bonchev–Trinajstić information content (AvgIpc) is 2.37. The molecule has 20 heavy (non-hydrogen) atoms. The fourth-order valence-corrected chi connectivity index (χ4v) is 3.28. The lowest BCUT2D eigenvalue weighted by atomic mass is 10.2. The highest BCUT2D eigenvalue weighted by Crippen LogP contribution is 2.14. The number of hydrogen-bond acceptors (Lipinski definition) is 5. The normalized spacial score (nSPS) is 12.5. The molecule has 0 saturated carbocycles. The summed E-state index contributed by atoms with van der Waals surface area (Å²) in [6.45, 7) is 0.297. The molecule has 0 radical (unpaired) electrons. The van der Waals surface area contributed by atoms with Crippen LogP contribution in [0, 0.1) is 0 Å². The van der Waals surface area contributed by atoms with Crippen LogP contribution < -0.4 is 9.86 Å². The molecule has 0 bridgehead atoms. The molecular formula is C11H18N2O5S2. The van der Waals surface area contributed by atoms with Crippen LogP contribution in [-0.2, 0) is 20.0 Å². The quantitative estimate of drug-likeness (QED) is 0.570. The monoisotopic (exact) mass is 322 g/mol. The molecule has 1 aromatic carbocycles. The molecule has 114 valence electrons. The number of hydrogen-bond donors (Lipinski definition) is 3. The number of sulfonamides is 2. The standard InChI is InChI=1S/C11H18N2O5S2/c12-19(15,16)10-5-4-6-11(9-10)20(17,18)13-7-2-1-3-8-14/h4-6,9,13-14H,1-3,7-8H2,(H2,12,15,16). The third-order valence-electron chi connectivity index (χ3n) is 2.57. The number of primary sulfonamides is 1. The van der Waals surface area contributed by atoms with Gasteiger partial charge in [-0.2, -0.15) is 0 Å². The summed E-state index contributed by atoms with van der Waals surface area (Å²) < 4.78 is 48.6. The van der Waals surface area contributed by atoms with Gasteiger partial charge in [0, 0.05) is 13.2 Å². The molecule has 1 aromatic rings. The lowest BCUT2D eigenvalue weighted by molar-refractivity contribution is 0.283. The Labute approximate surface area is 118 Å². The van der Waals surface area contributed by atoms with Crippen LogP contribution in [0.4, 0.5) is 0 Å². The van der Waals surface area contributed by atoms with Gasteiger partial charge in [-0.05, 0) is 37.5 Å². The number of aliphatic hydroxyl groups excluding tert-OH is 1. The van der Waals surface area contributed by atoms with E-state index in [1.165, 1.54) is 18.2 Å². The van der Waals surface area contributed by atoms with Crippen LogP contribution in [0.25, 0.3) is 0 Å². The molecule has 0 heterocycles. The molecule has 0 aliphatic heterocycles. The Kier molecular flexibility index (Phi) is 6.08. The van der Waals surface area contributed by atoms with Crippen molar-refractivity contribution in [3.63, 3.8) is 0 Å². The van der Waals surface area contributed by atoms with E-state index in [2.05, 4.69) is 4.72 Å². The summed E-state index contributed by atoms with van der Waals surface area (Å²) in [5, 5.41) is 13.6. The Morgan fingerprint density at radius 3 is 2.30 bits per heavy atom. The largest absolute Gasteiger partial charge is 0.396 e. The Morgan fingerprint density at radius 1 is 1.05 bits per heavy atom. The van der Waals surface area contributed by atoms with Crippen LogP contribution in [0.5, 0.6) is 0 Å². The Bertz CT molecular complexity index is 641. The number of nitrogens with one attached hydrogen (secondary N) is 1. The molecule has 1 rings (SSSR count). The van der Waals surface area contributed by atoms with Gasteiger partial charge in [0.15, 0.2) is 0 Å². The highest BCUT2D eigenvalue weighted by Gasteiger charge is 2.16. The fourth-order valence-electron chi connectivity index (χ4n) is 1.52. The summed E-state index contributed by atoms with van der Waals surface area (Å²) in [5.74, 6) is 0. The Morgan fingerprint density at radius 2 is 1.70 bits per heavy atom. The molecule has 4 N–H and O–H groups in total. The van der Waals surface area contributed by atoms with Crippen molar-refractivity contribution in [2.24, 2.45) is 5.14 Å². The van der Waals surface area contributed by atoms with Crippen molar-refractivity contribution in [3.05, 3.63) is 24.3 Å². The summed E-state index contributed by atoms with van der Waals surface area (Å²) in [7, 11) is -7.70. The van der Waals surface area contributed by atoms with E-state index >= 15 is 0 Å². The maximum atomic E-state index is 11.9. The predicted molar refractivity (Wildman–Crippen MR) is 73.9 cm³/mol. The second kappa shape index (κ2) is 7.14. The fraction of sp³-hybridized carbons (Fsp3) is 0.455. The van der Waals surface area contributed by atoms with Crippen LogP contribution in [-0.4, -0.2) is 35.1 Å². The van der Waals surface area contributed by atoms with Crippen LogP contribution in [0.1, 0.15) is 19.3 Å². The van der Waals surface area contributed by atoms with Crippen LogP contribution in [0.15, 0.2) is 34.1 Å². The Balaban J connectivity index is 2.78. The zero-order chi connectivity index (χ0) is 15.2. The minimum absolute atomic E-state index is 0.0726. The van der Waals surface area contributed by atoms with Gasteiger partial charge in [0.25, 0.3) is 0 Å². The van der Waals surface area contributed by atoms with E-state index in [0.717, 1.165) is 6.07 Å². The summed E-state index contributed by atoms with van der Waals surface area (Å²) in [4.78, 5) is -0.396. The number of benzene rings is 1. The maximum Gasteiger partial charge on any atom is 0.240 e. The van der Waals surface area contributed by atoms with E-state index < -0.39 is 20.0 Å². The van der Waals surface area contributed by atoms with E-state index in [0.29, 0.717) is 19.3 Å². The first-order valence-electron chi connectivity index (χ1n) is 6.01. The topological polar surface area (TPSA) is 127 Å². The van der Waals surface area contributed by atoms with Crippen molar-refractivity contribution >= 4 is 20.0 Å². The van der Waals surface area contributed by atoms with Crippen LogP contribution >= 0.6 is 0 Å². The minimum Gasteiger partial charge on any atom is -0.396 e. The smallest absolute Gasteiger partial charge is 0.240 e. The van der Waals surface area contributed by atoms with Gasteiger partial charge < -0.3 is 5.11 Å². The molecule has 0 spiro atoms. The van der Waals surface area contributed by atoms with Crippen molar-refractivity contribution in [1.29, 1.82) is 0 Å². The molecule has 0 atom stereocenters. The third-order valence-corrected chi connectivity index (χ3v) is 4.94. The molecule has 0 unspecified atom stereocenters. The lowest BCUT2D eigenvalue weighted by Gasteiger charge is -2.07. The van der Waals surface area contributed by atoms with Gasteiger partial charge in [-0.3, -0.25) is 0 Å². The zero-order valence-corrected chi connectivity index (χ0v) is 12.5. The molecule has 7 nitrogen and oxygen atoms in total. The summed E-state index contributed by atoms with van der Waals surface area (Å²) in [6.07, 6.45) is 1.91. The molecule has 0 saturated heterocycles. The van der Waals surface area contributed by atoms with E-state index in [1.807, 2.05) is 0 Å². The second-order valence-corrected chi connectivity index (χ2v) is 7.53. The molecule has 0 fully saturated rings. The van der Waals surface area contributed by atoms with Gasteiger partial charge in [-0.15, -0.1) is 0 Å². The minimum atomic E-state index is -3.94. The maximum absolute atomic E-state index is 11.9. The van der Waals surface area contributed by atoms with E-state index in [-0.39, 0.29) is 22.9 Å². The van der Waals surface area contributed by atoms with Gasteiger partial charge in [0.2, 0.25) is 20.0 Å². The molecule has 0 aromatic heterocycles. The van der Waals surface area contributed by atoms with Crippen molar-refractivity contribution in [2.45, 2.75) is 29.1 Å². The first kappa shape index (κ1) is 17.1. The van der Waals surface area contributed by atoms with Crippen LogP contribution in [0.2, 0.25) is 0 Å². The SMILES string of the molecule is NS(=O)(=O)c1cccc(S(=O)(=O)NCCCCCO)c1. The number of unbranched alkanes of at least 4 members (excludes halogenated alkanes) is 2. The highest BCUT2D eigenvalue weighted by atomic mass is 32.2. The van der Waals surface area contributed by atoms with Gasteiger partial charge in [-0.25, -0.2) is 26.7 Å². The zero-order valence-electron chi connectivity index (χ0n) is 10.8. The summed E-state index contributed by atoms with van der Waals surface area (Å²) >= 11 is 0. The average molecular weight is 322 g/mol. The molecule has 0 aliphatic rings. The van der Waals surface area contributed by atoms with Gasteiger partial charge in [0.05, 0.1) is 9.79 Å². The molecule has 0 aliphatic carbocycles. The van der Waals surface area contributed by atoms with Crippen molar-refractivity contribution in [2.75, 3.05) is 13.2 Å². The van der Waals surface area contributed by atoms with Gasteiger partial charge >= 0.3 is 0 Å². The Hall–Kier alpha value is -1.00. The molecule has 9 heteroatoms. The molecular weight excluding hydrogens is 304 g/mol. The van der Waals surface area contributed by atoms with E-state index in [9.17, 15) is 16.8 Å². The highest BCUT2D eigenvalue weighted by molar-refractivity contribution is 7.90. The van der Waals surface area contributed by atoms with E-state index in [1.54, 1.807) is 0 Å². The first-order valence-corrected chi connectivity index (χ1v) is 9.04. The van der Waals surface area contributed by atoms with Crippen molar-refractivity contribution in [3.8, 4) is 0 Å².